The number of hydrogen-bond acceptors (Lipinski definition) is 3. The second kappa shape index (κ2) is 5.82. The van der Waals surface area contributed by atoms with Gasteiger partial charge in [0.05, 0.1) is 6.61 Å². The highest BCUT2D eigenvalue weighted by Crippen LogP contribution is 2.19. The molecule has 2 rings (SSSR count). The molecule has 0 unspecified atom stereocenters. The molecule has 1 heterocycles. The molecule has 0 radical (unpaired) electrons. The van der Waals surface area contributed by atoms with E-state index in [1.165, 1.54) is 7.11 Å². The minimum absolute atomic E-state index is 0.130. The van der Waals surface area contributed by atoms with Crippen LogP contribution in [0.4, 0.5) is 4.39 Å². The second-order valence-corrected chi connectivity index (χ2v) is 4.20. The van der Waals surface area contributed by atoms with Crippen molar-refractivity contribution in [3.63, 3.8) is 0 Å². The quantitative estimate of drug-likeness (QED) is 0.773. The van der Waals surface area contributed by atoms with Gasteiger partial charge in [0.25, 0.3) is 0 Å². The molecule has 0 N–H and O–H groups in total. The highest BCUT2D eigenvalue weighted by molar-refractivity contribution is 6.61. The van der Waals surface area contributed by atoms with E-state index in [1.54, 1.807) is 12.1 Å². The summed E-state index contributed by atoms with van der Waals surface area (Å²) in [5, 5.41) is 0.351. The molecular formula is C11H13BClFO3. The van der Waals surface area contributed by atoms with Gasteiger partial charge in [-0.2, -0.15) is 0 Å². The number of benzene rings is 1. The van der Waals surface area contributed by atoms with Gasteiger partial charge in [-0.15, -0.1) is 0 Å². The zero-order chi connectivity index (χ0) is 12.3. The molecule has 92 valence electrons. The molecule has 1 aliphatic heterocycles. The molecule has 1 aliphatic rings. The smallest absolute Gasteiger partial charge is 0.407 e. The average Bonchev–Trinajstić information content (AvgIpc) is 2.36. The third-order valence-corrected chi connectivity index (χ3v) is 2.94. The van der Waals surface area contributed by atoms with E-state index >= 15 is 0 Å². The van der Waals surface area contributed by atoms with Crippen LogP contribution >= 0.6 is 11.6 Å². The molecule has 0 aromatic heterocycles. The van der Waals surface area contributed by atoms with Gasteiger partial charge in [-0.1, -0.05) is 17.7 Å². The molecule has 0 bridgehead atoms. The first kappa shape index (κ1) is 12.8. The predicted octanol–water partition coefficient (Wildman–Crippen LogP) is 1.76. The fraction of sp³-hybridized carbons (Fsp3) is 0.455. The minimum atomic E-state index is -0.642. The third kappa shape index (κ3) is 2.80. The summed E-state index contributed by atoms with van der Waals surface area (Å²) in [6.07, 6.45) is 0.830. The lowest BCUT2D eigenvalue weighted by atomic mass is 9.77. The van der Waals surface area contributed by atoms with Gasteiger partial charge in [-0.05, 0) is 12.5 Å². The minimum Gasteiger partial charge on any atom is -0.407 e. The molecular weight excluding hydrogens is 245 g/mol. The van der Waals surface area contributed by atoms with E-state index in [-0.39, 0.29) is 6.61 Å². The average molecular weight is 258 g/mol. The summed E-state index contributed by atoms with van der Waals surface area (Å²) >= 11 is 5.92. The SMILES string of the molecule is COCc1c(Cl)ccc(B2OCCCO2)c1F. The molecule has 0 aliphatic carbocycles. The fourth-order valence-electron chi connectivity index (χ4n) is 1.74. The van der Waals surface area contributed by atoms with E-state index in [2.05, 4.69) is 0 Å². The van der Waals surface area contributed by atoms with Crippen molar-refractivity contribution in [3.05, 3.63) is 28.5 Å². The zero-order valence-electron chi connectivity index (χ0n) is 9.54. The second-order valence-electron chi connectivity index (χ2n) is 3.79. The molecule has 17 heavy (non-hydrogen) atoms. The van der Waals surface area contributed by atoms with Crippen LogP contribution in [0, 0.1) is 5.82 Å². The Morgan fingerprint density at radius 2 is 2.12 bits per heavy atom. The Balaban J connectivity index is 2.30. The number of halogens is 2. The van der Waals surface area contributed by atoms with Crippen LogP contribution in [0.3, 0.4) is 0 Å². The Morgan fingerprint density at radius 3 is 2.76 bits per heavy atom. The molecule has 3 nitrogen and oxygen atoms in total. The van der Waals surface area contributed by atoms with Crippen LogP contribution in [0.25, 0.3) is 0 Å². The van der Waals surface area contributed by atoms with Crippen LogP contribution in [0.5, 0.6) is 0 Å². The highest BCUT2D eigenvalue weighted by Gasteiger charge is 2.29. The predicted molar refractivity (Wildman–Crippen MR) is 64.0 cm³/mol. The Kier molecular flexibility index (Phi) is 4.39. The van der Waals surface area contributed by atoms with Crippen molar-refractivity contribution in [1.29, 1.82) is 0 Å². The van der Waals surface area contributed by atoms with E-state index < -0.39 is 12.9 Å². The van der Waals surface area contributed by atoms with Crippen molar-refractivity contribution in [1.82, 2.24) is 0 Å². The largest absolute Gasteiger partial charge is 0.496 e. The van der Waals surface area contributed by atoms with Crippen molar-refractivity contribution in [2.24, 2.45) is 0 Å². The van der Waals surface area contributed by atoms with Crippen LogP contribution in [0.15, 0.2) is 12.1 Å². The summed E-state index contributed by atoms with van der Waals surface area (Å²) < 4.78 is 29.8. The first-order valence-corrected chi connectivity index (χ1v) is 5.80. The molecule has 1 aromatic carbocycles. The van der Waals surface area contributed by atoms with Gasteiger partial charge in [-0.3, -0.25) is 0 Å². The number of methoxy groups -OCH3 is 1. The zero-order valence-corrected chi connectivity index (χ0v) is 10.3. The van der Waals surface area contributed by atoms with Crippen molar-refractivity contribution in [2.45, 2.75) is 13.0 Å². The fourth-order valence-corrected chi connectivity index (χ4v) is 1.94. The first-order chi connectivity index (χ1) is 8.24. The molecule has 0 spiro atoms. The number of ether oxygens (including phenoxy) is 1. The van der Waals surface area contributed by atoms with E-state index in [0.717, 1.165) is 6.42 Å². The molecule has 1 fully saturated rings. The molecule has 0 saturated carbocycles. The number of rotatable bonds is 3. The van der Waals surface area contributed by atoms with Gasteiger partial charge < -0.3 is 14.0 Å². The molecule has 6 heteroatoms. The summed E-state index contributed by atoms with van der Waals surface area (Å²) in [6, 6.07) is 3.22. The van der Waals surface area contributed by atoms with Crippen LogP contribution in [-0.2, 0) is 20.7 Å². The number of hydrogen-bond donors (Lipinski definition) is 0. The highest BCUT2D eigenvalue weighted by atomic mass is 35.5. The molecule has 0 amide bonds. The summed E-state index contributed by atoms with van der Waals surface area (Å²) in [4.78, 5) is 0. The Labute approximate surface area is 105 Å². The lowest BCUT2D eigenvalue weighted by molar-refractivity contribution is 0.142. The van der Waals surface area contributed by atoms with Gasteiger partial charge in [0.2, 0.25) is 0 Å². The Hall–Kier alpha value is -0.615. The summed E-state index contributed by atoms with van der Waals surface area (Å²) in [5.74, 6) is -0.411. The van der Waals surface area contributed by atoms with Gasteiger partial charge in [-0.25, -0.2) is 4.39 Å². The maximum absolute atomic E-state index is 14.2. The van der Waals surface area contributed by atoms with Crippen molar-refractivity contribution in [2.75, 3.05) is 20.3 Å². The molecule has 1 saturated heterocycles. The van der Waals surface area contributed by atoms with Gasteiger partial charge in [0.15, 0.2) is 0 Å². The maximum Gasteiger partial charge on any atom is 0.496 e. The van der Waals surface area contributed by atoms with Gasteiger partial charge >= 0.3 is 7.12 Å². The van der Waals surface area contributed by atoms with Crippen LogP contribution in [0.2, 0.25) is 5.02 Å². The Bertz CT molecular complexity index is 397. The third-order valence-electron chi connectivity index (χ3n) is 2.59. The first-order valence-electron chi connectivity index (χ1n) is 5.43. The summed E-state index contributed by atoms with van der Waals surface area (Å²) in [6.45, 7) is 1.28. The molecule has 0 atom stereocenters. The van der Waals surface area contributed by atoms with Crippen molar-refractivity contribution in [3.8, 4) is 0 Å². The van der Waals surface area contributed by atoms with E-state index in [4.69, 9.17) is 25.6 Å². The van der Waals surface area contributed by atoms with Crippen LogP contribution in [0.1, 0.15) is 12.0 Å². The summed E-state index contributed by atoms with van der Waals surface area (Å²) in [7, 11) is 0.854. The van der Waals surface area contributed by atoms with Gasteiger partial charge in [0.1, 0.15) is 5.82 Å². The summed E-state index contributed by atoms with van der Waals surface area (Å²) in [5.41, 5.74) is 0.714. The van der Waals surface area contributed by atoms with Crippen LogP contribution < -0.4 is 5.46 Å². The van der Waals surface area contributed by atoms with Crippen molar-refractivity contribution >= 4 is 24.2 Å². The van der Waals surface area contributed by atoms with E-state index in [9.17, 15) is 4.39 Å². The van der Waals surface area contributed by atoms with E-state index in [0.29, 0.717) is 29.3 Å². The Morgan fingerprint density at radius 1 is 1.41 bits per heavy atom. The van der Waals surface area contributed by atoms with Crippen molar-refractivity contribution < 1.29 is 18.4 Å². The monoisotopic (exact) mass is 258 g/mol. The topological polar surface area (TPSA) is 27.7 Å². The lowest BCUT2D eigenvalue weighted by Gasteiger charge is -2.21. The lowest BCUT2D eigenvalue weighted by Crippen LogP contribution is -2.43. The van der Waals surface area contributed by atoms with E-state index in [1.807, 2.05) is 0 Å². The standard InChI is InChI=1S/C11H13BClFO3/c1-15-7-8-10(13)4-3-9(11(8)14)12-16-5-2-6-17-12/h3-4H,2,5-7H2,1H3. The normalized spacial score (nSPS) is 16.3. The molecule has 1 aromatic rings. The maximum atomic E-state index is 14.2. The van der Waals surface area contributed by atoms with Crippen LogP contribution in [-0.4, -0.2) is 27.4 Å². The van der Waals surface area contributed by atoms with Gasteiger partial charge in [0, 0.05) is 36.4 Å².